The lowest BCUT2D eigenvalue weighted by molar-refractivity contribution is -0.129. The summed E-state index contributed by atoms with van der Waals surface area (Å²) in [6, 6.07) is 11.4. The van der Waals surface area contributed by atoms with Gasteiger partial charge in [0.05, 0.1) is 76.5 Å². The number of carbonyl (C=O) groups is 3. The number of rotatable bonds is 8. The van der Waals surface area contributed by atoms with Crippen LogP contribution in [0.2, 0.25) is 0 Å². The largest absolute Gasteiger partial charge is 0.471 e. The zero-order valence-electron chi connectivity index (χ0n) is 38.3. The van der Waals surface area contributed by atoms with E-state index in [1.54, 1.807) is 35.8 Å². The molecule has 1 saturated carbocycles. The molecule has 2 amide bonds. The quantitative estimate of drug-likeness (QED) is 0.125. The number of benzene rings is 2. The summed E-state index contributed by atoms with van der Waals surface area (Å²) in [6.45, 7) is 13.3. The Labute approximate surface area is 383 Å². The molecule has 7 heterocycles. The van der Waals surface area contributed by atoms with Crippen molar-refractivity contribution in [2.45, 2.75) is 103 Å². The first-order valence-corrected chi connectivity index (χ1v) is 23.2. The van der Waals surface area contributed by atoms with Crippen molar-refractivity contribution in [3.05, 3.63) is 82.8 Å². The van der Waals surface area contributed by atoms with Crippen LogP contribution in [0, 0.1) is 5.82 Å². The van der Waals surface area contributed by atoms with E-state index in [4.69, 9.17) is 24.2 Å². The minimum absolute atomic E-state index is 0.178. The Morgan fingerprint density at radius 3 is 2.40 bits per heavy atom. The highest BCUT2D eigenvalue weighted by atomic mass is 32.1. The lowest BCUT2D eigenvalue weighted by atomic mass is 10.0. The highest BCUT2D eigenvalue weighted by Gasteiger charge is 2.37. The first-order valence-electron chi connectivity index (χ1n) is 22.4. The number of H-pyrrole nitrogens is 2. The minimum Gasteiger partial charge on any atom is -0.471 e. The van der Waals surface area contributed by atoms with E-state index in [1.165, 1.54) is 32.4 Å². The molecule has 2 unspecified atom stereocenters. The number of amides is 2. The molecular formula is C48H60FN9O6S. The molecule has 2 saturated heterocycles. The predicted molar refractivity (Wildman–Crippen MR) is 249 cm³/mol. The summed E-state index contributed by atoms with van der Waals surface area (Å²) in [5.41, 5.74) is 4.68. The van der Waals surface area contributed by atoms with Crippen LogP contribution in [-0.4, -0.2) is 104 Å². The molecule has 3 aliphatic heterocycles. The van der Waals surface area contributed by atoms with Crippen molar-refractivity contribution < 1.29 is 33.0 Å². The Balaban J connectivity index is 0.000000316. The smallest absolute Gasteiger partial charge is 0.410 e. The number of aromatic amines is 2. The van der Waals surface area contributed by atoms with Crippen molar-refractivity contribution >= 4 is 40.7 Å². The van der Waals surface area contributed by atoms with Crippen LogP contribution >= 0.6 is 11.3 Å². The molecule has 3 N–H and O–H groups in total. The van der Waals surface area contributed by atoms with Gasteiger partial charge in [0.2, 0.25) is 12.1 Å². The molecule has 10 rings (SSSR count). The van der Waals surface area contributed by atoms with Crippen LogP contribution in [0.15, 0.2) is 61.3 Å². The first-order chi connectivity index (χ1) is 31.4. The van der Waals surface area contributed by atoms with E-state index in [0.29, 0.717) is 48.0 Å². The third-order valence-corrected chi connectivity index (χ3v) is 12.3. The maximum absolute atomic E-state index is 16.1. The van der Waals surface area contributed by atoms with Crippen LogP contribution in [0.5, 0.6) is 5.75 Å². The number of halogens is 1. The zero-order chi connectivity index (χ0) is 46.3. The van der Waals surface area contributed by atoms with Gasteiger partial charge in [0.15, 0.2) is 0 Å². The van der Waals surface area contributed by atoms with Gasteiger partial charge in [-0.1, -0.05) is 26.3 Å². The van der Waals surface area contributed by atoms with Gasteiger partial charge in [0.1, 0.15) is 23.0 Å². The number of hydrogen-bond acceptors (Lipinski definition) is 11. The molecule has 1 aliphatic carbocycles. The Morgan fingerprint density at radius 2 is 1.74 bits per heavy atom. The van der Waals surface area contributed by atoms with Gasteiger partial charge in [-0.3, -0.25) is 19.1 Å². The number of carbonyl (C=O) groups excluding carboxylic acids is 3. The van der Waals surface area contributed by atoms with Gasteiger partial charge >= 0.3 is 6.09 Å². The maximum atomic E-state index is 16.1. The van der Waals surface area contributed by atoms with Crippen molar-refractivity contribution in [2.75, 3.05) is 40.3 Å². The fraction of sp³-hybridized carbons (Fsp3) is 0.458. The Kier molecular flexibility index (Phi) is 15.0. The summed E-state index contributed by atoms with van der Waals surface area (Å²) < 4.78 is 34.4. The summed E-state index contributed by atoms with van der Waals surface area (Å²) in [5.74, 6) is 1.60. The third kappa shape index (κ3) is 10.9. The zero-order valence-corrected chi connectivity index (χ0v) is 39.1. The number of nitrogens with zero attached hydrogens (tertiary/aromatic N) is 6. The van der Waals surface area contributed by atoms with Gasteiger partial charge in [0.25, 0.3) is 6.47 Å². The van der Waals surface area contributed by atoms with Crippen LogP contribution in [-0.2, 0) is 19.1 Å². The molecule has 0 spiro atoms. The number of imidazole rings is 2. The van der Waals surface area contributed by atoms with E-state index >= 15 is 4.39 Å². The van der Waals surface area contributed by atoms with Gasteiger partial charge in [0, 0.05) is 48.3 Å². The van der Waals surface area contributed by atoms with E-state index in [9.17, 15) is 9.59 Å². The second kappa shape index (κ2) is 20.8. The number of nitrogens with one attached hydrogen (secondary N) is 3. The van der Waals surface area contributed by atoms with E-state index in [-0.39, 0.29) is 23.9 Å². The normalized spacial score (nSPS) is 17.4. The van der Waals surface area contributed by atoms with Gasteiger partial charge in [-0.15, -0.1) is 11.3 Å². The van der Waals surface area contributed by atoms with Crippen molar-refractivity contribution in [3.8, 4) is 39.5 Å². The van der Waals surface area contributed by atoms with Gasteiger partial charge in [-0.25, -0.2) is 24.1 Å². The molecule has 0 bridgehead atoms. The molecule has 3 fully saturated rings. The monoisotopic (exact) mass is 909 g/mol. The lowest BCUT2D eigenvalue weighted by Crippen LogP contribution is -2.36. The minimum atomic E-state index is -0.570. The van der Waals surface area contributed by atoms with Crippen molar-refractivity contribution in [2.24, 2.45) is 0 Å². The molecule has 4 aliphatic rings. The highest BCUT2D eigenvalue weighted by molar-refractivity contribution is 7.11. The number of likely N-dealkylation sites (tertiary alicyclic amines) is 2. The van der Waals surface area contributed by atoms with Crippen LogP contribution in [0.4, 0.5) is 9.18 Å². The molecule has 6 aromatic rings. The standard InChI is InChI=1S/C36H34FN7O3S.C7H14N2O.C3H8.C2H4O2/c1-36(2,3)47-35(45)43-10-4-5-27(43)32-39-16-25(42-32)20-8-9-26-22(11-20)13-28-31-23(37)12-21(24-15-38-18-41-24)14-29(31)46-34(44(26)28)30-17-40-33(48-30)19-6-7-19;1-8-6-7(10)9-4-2-3-5-9;1-3-2;1-4-2-3/h8-9,11-19,27,34H,4-7,10H2,1-3H3,(H,38,41)(H,39,42);8H,2-6H2,1H3;3H2,1-2H3;2H,1H3. The first kappa shape index (κ1) is 46.9. The molecule has 17 heteroatoms. The topological polar surface area (TPSA) is 173 Å². The van der Waals surface area contributed by atoms with E-state index < -0.39 is 11.8 Å². The SMILES string of the molecule is CC(C)(C)OC(=O)N1CCCC1c1ncc(-c2ccc3c(c2)cc2n3C(c3cnc(C4CC4)s3)Oc3cc(-c4cnc[nH]4)cc(F)c3-2)[nH]1.CCC.CNCC(=O)N1CCCC1.COC=O. The predicted octanol–water partition coefficient (Wildman–Crippen LogP) is 9.61. The van der Waals surface area contributed by atoms with E-state index in [2.05, 4.69) is 55.6 Å². The van der Waals surface area contributed by atoms with Crippen LogP contribution in [0.25, 0.3) is 44.7 Å². The van der Waals surface area contributed by atoms with Gasteiger partial charge < -0.3 is 34.4 Å². The Bertz CT molecular complexity index is 2550. The number of ether oxygens (including phenoxy) is 3. The molecule has 65 heavy (non-hydrogen) atoms. The van der Waals surface area contributed by atoms with E-state index in [1.807, 2.05) is 56.3 Å². The number of methoxy groups -OCH3 is 1. The highest BCUT2D eigenvalue weighted by Crippen LogP contribution is 2.49. The summed E-state index contributed by atoms with van der Waals surface area (Å²) in [7, 11) is 3.11. The molecular weight excluding hydrogens is 850 g/mol. The van der Waals surface area contributed by atoms with Crippen molar-refractivity contribution in [1.82, 2.24) is 44.6 Å². The Hall–Kier alpha value is -6.07. The number of fused-ring (bicyclic) bond motifs is 5. The number of aromatic nitrogens is 6. The molecule has 2 atom stereocenters. The maximum Gasteiger partial charge on any atom is 0.410 e. The second-order valence-electron chi connectivity index (χ2n) is 17.5. The molecule has 346 valence electrons. The summed E-state index contributed by atoms with van der Waals surface area (Å²) in [6.07, 6.45) is 13.8. The molecule has 0 radical (unpaired) electrons. The molecule has 4 aromatic heterocycles. The number of hydrogen-bond donors (Lipinski definition) is 3. The van der Waals surface area contributed by atoms with Crippen molar-refractivity contribution in [1.29, 1.82) is 0 Å². The van der Waals surface area contributed by atoms with Crippen LogP contribution in [0.1, 0.15) is 113 Å². The summed E-state index contributed by atoms with van der Waals surface area (Å²) >= 11 is 1.67. The van der Waals surface area contributed by atoms with Gasteiger partial charge in [-0.05, 0) is 96.7 Å². The summed E-state index contributed by atoms with van der Waals surface area (Å²) in [5, 5.41) is 4.92. The van der Waals surface area contributed by atoms with E-state index in [0.717, 1.165) is 82.3 Å². The number of thiazole rings is 1. The fourth-order valence-electron chi connectivity index (χ4n) is 8.11. The fourth-order valence-corrected chi connectivity index (χ4v) is 9.21. The van der Waals surface area contributed by atoms with Crippen LogP contribution < -0.4 is 10.1 Å². The van der Waals surface area contributed by atoms with Gasteiger partial charge in [-0.2, -0.15) is 0 Å². The Morgan fingerprint density at radius 1 is 0.985 bits per heavy atom. The average molecular weight is 910 g/mol. The summed E-state index contributed by atoms with van der Waals surface area (Å²) in [4.78, 5) is 57.7. The van der Waals surface area contributed by atoms with Crippen molar-refractivity contribution in [3.63, 3.8) is 0 Å². The molecule has 15 nitrogen and oxygen atoms in total. The number of likely N-dealkylation sites (N-methyl/N-ethyl adjacent to an activating group) is 1. The third-order valence-electron chi connectivity index (χ3n) is 11.1. The molecule has 2 aromatic carbocycles. The average Bonchev–Trinajstić information content (AvgIpc) is 4.04. The van der Waals surface area contributed by atoms with Crippen LogP contribution in [0.3, 0.4) is 0 Å². The lowest BCUT2D eigenvalue weighted by Gasteiger charge is -2.29. The second-order valence-corrected chi connectivity index (χ2v) is 18.6.